The highest BCUT2D eigenvalue weighted by Gasteiger charge is 2.20. The second-order valence-corrected chi connectivity index (χ2v) is 5.29. The van der Waals surface area contributed by atoms with Crippen LogP contribution in [0.4, 0.5) is 5.69 Å². The Hall–Kier alpha value is -2.47. The molecule has 0 saturated heterocycles. The molecule has 0 aliphatic heterocycles. The molecule has 1 amide bonds. The summed E-state index contributed by atoms with van der Waals surface area (Å²) in [6, 6.07) is 9.29. The zero-order valence-corrected chi connectivity index (χ0v) is 12.2. The molecule has 0 unspecified atom stereocenters. The Morgan fingerprint density at radius 3 is 2.81 bits per heavy atom. The third-order valence-corrected chi connectivity index (χ3v) is 3.97. The molecule has 1 aromatic carbocycles. The fourth-order valence-electron chi connectivity index (χ4n) is 2.17. The highest BCUT2D eigenvalue weighted by Crippen LogP contribution is 2.15. The number of para-hydroxylation sites is 1. The summed E-state index contributed by atoms with van der Waals surface area (Å²) in [5.74, 6) is -0.332. The van der Waals surface area contributed by atoms with Crippen molar-refractivity contribution in [3.63, 3.8) is 0 Å². The van der Waals surface area contributed by atoms with E-state index < -0.39 is 0 Å². The van der Waals surface area contributed by atoms with Crippen LogP contribution < -0.4 is 10.5 Å². The predicted molar refractivity (Wildman–Crippen MR) is 83.1 cm³/mol. The average molecular weight is 299 g/mol. The minimum Gasteiger partial charge on any atom is -0.308 e. The number of fused-ring (bicyclic) bond motifs is 1. The van der Waals surface area contributed by atoms with E-state index in [9.17, 15) is 9.59 Å². The summed E-state index contributed by atoms with van der Waals surface area (Å²) in [7, 11) is 0. The summed E-state index contributed by atoms with van der Waals surface area (Å²) in [5, 5.41) is 1.77. The number of hydrogen-bond acceptors (Lipinski definition) is 4. The summed E-state index contributed by atoms with van der Waals surface area (Å²) in [6.07, 6.45) is 2.99. The molecular formula is C15H13N3O2S. The zero-order chi connectivity index (χ0) is 14.8. The van der Waals surface area contributed by atoms with Crippen LogP contribution in [0.3, 0.4) is 0 Å². The lowest BCUT2D eigenvalue weighted by molar-refractivity contribution is 0.0986. The van der Waals surface area contributed by atoms with Crippen LogP contribution in [0, 0.1) is 0 Å². The van der Waals surface area contributed by atoms with E-state index in [2.05, 4.69) is 4.98 Å². The quantitative estimate of drug-likeness (QED) is 0.746. The van der Waals surface area contributed by atoms with Gasteiger partial charge in [0.15, 0.2) is 4.96 Å². The monoisotopic (exact) mass is 299 g/mol. The van der Waals surface area contributed by atoms with Crippen LogP contribution in [0.5, 0.6) is 0 Å². The van der Waals surface area contributed by atoms with Crippen molar-refractivity contribution in [3.8, 4) is 0 Å². The van der Waals surface area contributed by atoms with Crippen LogP contribution >= 0.6 is 11.3 Å². The molecule has 106 valence electrons. The van der Waals surface area contributed by atoms with Crippen LogP contribution in [-0.2, 0) is 0 Å². The van der Waals surface area contributed by atoms with Crippen LogP contribution in [0.2, 0.25) is 0 Å². The maximum Gasteiger partial charge on any atom is 0.271 e. The standard InChI is InChI=1S/C15H13N3O2S/c1-2-17(11-6-4-3-5-7-11)13(19)12-10-16-15-18(14(12)20)8-9-21-15/h3-10H,2H2,1H3. The minimum atomic E-state index is -0.333. The Balaban J connectivity index is 2.07. The highest BCUT2D eigenvalue weighted by atomic mass is 32.1. The van der Waals surface area contributed by atoms with Crippen LogP contribution in [0.25, 0.3) is 4.96 Å². The zero-order valence-electron chi connectivity index (χ0n) is 11.4. The molecule has 0 spiro atoms. The number of carbonyl (C=O) groups is 1. The van der Waals surface area contributed by atoms with Gasteiger partial charge in [-0.25, -0.2) is 4.98 Å². The molecular weight excluding hydrogens is 286 g/mol. The Morgan fingerprint density at radius 1 is 1.33 bits per heavy atom. The van der Waals surface area contributed by atoms with Gasteiger partial charge in [0.05, 0.1) is 0 Å². The lowest BCUT2D eigenvalue weighted by atomic mass is 10.2. The summed E-state index contributed by atoms with van der Waals surface area (Å²) in [4.78, 5) is 31.3. The molecule has 0 aliphatic carbocycles. The first-order chi connectivity index (χ1) is 10.2. The molecule has 3 aromatic rings. The van der Waals surface area contributed by atoms with Gasteiger partial charge in [0.1, 0.15) is 5.56 Å². The van der Waals surface area contributed by atoms with Crippen molar-refractivity contribution >= 4 is 27.9 Å². The van der Waals surface area contributed by atoms with Crippen LogP contribution in [0.15, 0.2) is 52.9 Å². The van der Waals surface area contributed by atoms with Gasteiger partial charge in [0, 0.05) is 30.0 Å². The van der Waals surface area contributed by atoms with Crippen molar-refractivity contribution in [3.05, 3.63) is 64.0 Å². The molecule has 0 saturated carbocycles. The van der Waals surface area contributed by atoms with E-state index in [-0.39, 0.29) is 17.0 Å². The highest BCUT2D eigenvalue weighted by molar-refractivity contribution is 7.15. The number of benzene rings is 1. The Morgan fingerprint density at radius 2 is 2.10 bits per heavy atom. The van der Waals surface area contributed by atoms with Crippen molar-refractivity contribution < 1.29 is 4.79 Å². The van der Waals surface area contributed by atoms with Crippen molar-refractivity contribution in [1.82, 2.24) is 9.38 Å². The van der Waals surface area contributed by atoms with Gasteiger partial charge in [-0.15, -0.1) is 11.3 Å². The number of amides is 1. The van der Waals surface area contributed by atoms with E-state index in [0.29, 0.717) is 11.5 Å². The first-order valence-electron chi connectivity index (χ1n) is 6.54. The van der Waals surface area contributed by atoms with Crippen LogP contribution in [-0.4, -0.2) is 21.8 Å². The van der Waals surface area contributed by atoms with Gasteiger partial charge in [-0.05, 0) is 19.1 Å². The van der Waals surface area contributed by atoms with E-state index >= 15 is 0 Å². The molecule has 21 heavy (non-hydrogen) atoms. The van der Waals surface area contributed by atoms with Gasteiger partial charge in [-0.1, -0.05) is 18.2 Å². The second-order valence-electron chi connectivity index (χ2n) is 4.42. The van der Waals surface area contributed by atoms with Gasteiger partial charge in [-0.2, -0.15) is 0 Å². The summed E-state index contributed by atoms with van der Waals surface area (Å²) < 4.78 is 1.40. The molecule has 0 atom stereocenters. The Kier molecular flexibility index (Phi) is 3.53. The second kappa shape index (κ2) is 5.49. The number of anilines is 1. The van der Waals surface area contributed by atoms with E-state index in [1.165, 1.54) is 21.9 Å². The van der Waals surface area contributed by atoms with E-state index in [4.69, 9.17) is 0 Å². The molecule has 0 N–H and O–H groups in total. The van der Waals surface area contributed by atoms with Gasteiger partial charge in [0.2, 0.25) is 0 Å². The Bertz CT molecular complexity index is 839. The topological polar surface area (TPSA) is 54.7 Å². The summed E-state index contributed by atoms with van der Waals surface area (Å²) >= 11 is 1.36. The normalized spacial score (nSPS) is 10.7. The third-order valence-electron chi connectivity index (χ3n) is 3.20. The summed E-state index contributed by atoms with van der Waals surface area (Å²) in [5.41, 5.74) is 0.511. The van der Waals surface area contributed by atoms with Crippen LogP contribution in [0.1, 0.15) is 17.3 Å². The maximum atomic E-state index is 12.6. The lowest BCUT2D eigenvalue weighted by Crippen LogP contribution is -2.35. The van der Waals surface area contributed by atoms with Gasteiger partial charge >= 0.3 is 0 Å². The molecule has 6 heteroatoms. The molecule has 2 aromatic heterocycles. The molecule has 2 heterocycles. The minimum absolute atomic E-state index is 0.0802. The first kappa shape index (κ1) is 13.5. The van der Waals surface area contributed by atoms with Gasteiger partial charge in [-0.3, -0.25) is 14.0 Å². The number of aromatic nitrogens is 2. The predicted octanol–water partition coefficient (Wildman–Crippen LogP) is 2.42. The average Bonchev–Trinajstić information content (AvgIpc) is 2.99. The van der Waals surface area contributed by atoms with Gasteiger partial charge < -0.3 is 4.90 Å². The SMILES string of the molecule is CCN(C(=O)c1cnc2sccn2c1=O)c1ccccc1. The number of nitrogens with zero attached hydrogens (tertiary/aromatic N) is 3. The molecule has 0 aliphatic rings. The van der Waals surface area contributed by atoms with Crippen molar-refractivity contribution in [2.24, 2.45) is 0 Å². The lowest BCUT2D eigenvalue weighted by Gasteiger charge is -2.20. The molecule has 5 nitrogen and oxygen atoms in total. The van der Waals surface area contributed by atoms with E-state index in [1.54, 1.807) is 16.5 Å². The molecule has 0 radical (unpaired) electrons. The van der Waals surface area contributed by atoms with Gasteiger partial charge in [0.25, 0.3) is 11.5 Å². The number of rotatable bonds is 3. The maximum absolute atomic E-state index is 12.6. The smallest absolute Gasteiger partial charge is 0.271 e. The molecule has 3 rings (SSSR count). The van der Waals surface area contributed by atoms with Crippen molar-refractivity contribution in [2.75, 3.05) is 11.4 Å². The third kappa shape index (κ3) is 2.34. The van der Waals surface area contributed by atoms with E-state index in [0.717, 1.165) is 5.69 Å². The van der Waals surface area contributed by atoms with Crippen molar-refractivity contribution in [1.29, 1.82) is 0 Å². The first-order valence-corrected chi connectivity index (χ1v) is 7.42. The Labute approximate surface area is 125 Å². The number of thiazole rings is 1. The molecule has 0 bridgehead atoms. The number of carbonyl (C=O) groups excluding carboxylic acids is 1. The largest absolute Gasteiger partial charge is 0.308 e. The number of hydrogen-bond donors (Lipinski definition) is 0. The molecule has 0 fully saturated rings. The fraction of sp³-hybridized carbons (Fsp3) is 0.133. The van der Waals surface area contributed by atoms with E-state index in [1.807, 2.05) is 37.3 Å². The fourth-order valence-corrected chi connectivity index (χ4v) is 2.84. The summed E-state index contributed by atoms with van der Waals surface area (Å²) in [6.45, 7) is 2.35. The van der Waals surface area contributed by atoms with Crippen molar-refractivity contribution in [2.45, 2.75) is 6.92 Å².